The second-order valence-corrected chi connectivity index (χ2v) is 7.74. The van der Waals surface area contributed by atoms with Crippen LogP contribution in [0.15, 0.2) is 17.4 Å². The van der Waals surface area contributed by atoms with E-state index in [1.165, 1.54) is 35.4 Å². The van der Waals surface area contributed by atoms with E-state index in [-0.39, 0.29) is 5.91 Å². The van der Waals surface area contributed by atoms with E-state index < -0.39 is 0 Å². The summed E-state index contributed by atoms with van der Waals surface area (Å²) in [6.45, 7) is 0. The lowest BCUT2D eigenvalue weighted by Crippen LogP contribution is -2.21. The monoisotopic (exact) mass is 342 g/mol. The van der Waals surface area contributed by atoms with Gasteiger partial charge in [0.25, 0.3) is 5.91 Å². The number of nitrogens with zero attached hydrogens (tertiary/aromatic N) is 3. The number of carbonyl (C=O) groups is 1. The Morgan fingerprint density at radius 1 is 1.21 bits per heavy atom. The summed E-state index contributed by atoms with van der Waals surface area (Å²) >= 11 is 1.64. The molecule has 2 aliphatic carbocycles. The van der Waals surface area contributed by atoms with Crippen LogP contribution in [0.2, 0.25) is 0 Å². The van der Waals surface area contributed by atoms with Crippen molar-refractivity contribution in [1.82, 2.24) is 15.2 Å². The Morgan fingerprint density at radius 3 is 3.00 bits per heavy atom. The molecule has 24 heavy (non-hydrogen) atoms. The van der Waals surface area contributed by atoms with Crippen molar-refractivity contribution in [3.05, 3.63) is 38.8 Å². The number of hydrazone groups is 1. The van der Waals surface area contributed by atoms with Crippen LogP contribution in [0.4, 0.5) is 0 Å². The third-order valence-electron chi connectivity index (χ3n) is 4.96. The fraction of sp³-hybridized carbons (Fsp3) is 0.500. The molecule has 2 heterocycles. The minimum absolute atomic E-state index is 0.0865. The van der Waals surface area contributed by atoms with Crippen molar-refractivity contribution in [2.75, 3.05) is 0 Å². The lowest BCUT2D eigenvalue weighted by Gasteiger charge is -2.14. The quantitative estimate of drug-likeness (QED) is 0.673. The maximum atomic E-state index is 12.5. The number of rotatable bonds is 2. The molecule has 126 valence electrons. The van der Waals surface area contributed by atoms with Crippen LogP contribution in [0.25, 0.3) is 0 Å². The molecule has 6 heteroatoms. The summed E-state index contributed by atoms with van der Waals surface area (Å²) in [6, 6.07) is 2.07. The van der Waals surface area contributed by atoms with Gasteiger partial charge in [-0.25, -0.2) is 5.43 Å². The summed E-state index contributed by atoms with van der Waals surface area (Å²) in [5, 5.41) is 8.72. The fourth-order valence-corrected chi connectivity index (χ4v) is 4.77. The molecule has 0 radical (unpaired) electrons. The van der Waals surface area contributed by atoms with Gasteiger partial charge in [-0.05, 0) is 56.6 Å². The lowest BCUT2D eigenvalue weighted by molar-refractivity contribution is 0.0958. The largest absolute Gasteiger partial charge is 0.281 e. The summed E-state index contributed by atoms with van der Waals surface area (Å²) < 4.78 is 1.90. The minimum Gasteiger partial charge on any atom is -0.272 e. The maximum absolute atomic E-state index is 12.5. The third-order valence-corrected chi connectivity index (χ3v) is 6.20. The number of amides is 1. The second kappa shape index (κ2) is 6.51. The molecule has 0 atom stereocenters. The van der Waals surface area contributed by atoms with Gasteiger partial charge in [-0.3, -0.25) is 9.48 Å². The van der Waals surface area contributed by atoms with Gasteiger partial charge in [0, 0.05) is 23.2 Å². The van der Waals surface area contributed by atoms with E-state index >= 15 is 0 Å². The van der Waals surface area contributed by atoms with Crippen LogP contribution < -0.4 is 5.43 Å². The van der Waals surface area contributed by atoms with E-state index in [4.69, 9.17) is 0 Å². The molecule has 0 unspecified atom stereocenters. The van der Waals surface area contributed by atoms with Gasteiger partial charge in [0.15, 0.2) is 0 Å². The van der Waals surface area contributed by atoms with E-state index in [9.17, 15) is 4.79 Å². The van der Waals surface area contributed by atoms with Crippen LogP contribution in [-0.4, -0.2) is 21.4 Å². The van der Waals surface area contributed by atoms with Gasteiger partial charge < -0.3 is 0 Å². The molecule has 4 rings (SSSR count). The normalized spacial score (nSPS) is 18.8. The SMILES string of the molecule is Cn1ncc2c1CCC/C2=N\NC(=O)c1cc2c(s1)CCCCC2. The second-order valence-electron chi connectivity index (χ2n) is 6.60. The average Bonchev–Trinajstić information content (AvgIpc) is 3.11. The third kappa shape index (κ3) is 2.90. The first-order valence-corrected chi connectivity index (χ1v) is 9.54. The lowest BCUT2D eigenvalue weighted by atomic mass is 9.96. The zero-order valence-corrected chi connectivity index (χ0v) is 14.8. The topological polar surface area (TPSA) is 59.3 Å². The molecule has 5 nitrogen and oxygen atoms in total. The van der Waals surface area contributed by atoms with E-state index in [1.54, 1.807) is 11.3 Å². The summed E-state index contributed by atoms with van der Waals surface area (Å²) in [5.41, 5.74) is 7.35. The number of thiophene rings is 1. The predicted octanol–water partition coefficient (Wildman–Crippen LogP) is 3.22. The molecular formula is C18H22N4OS. The van der Waals surface area contributed by atoms with Gasteiger partial charge >= 0.3 is 0 Å². The maximum Gasteiger partial charge on any atom is 0.281 e. The van der Waals surface area contributed by atoms with Crippen LogP contribution in [0.1, 0.15) is 63.5 Å². The molecule has 0 spiro atoms. The van der Waals surface area contributed by atoms with Crippen molar-refractivity contribution >= 4 is 23.0 Å². The molecule has 2 aromatic rings. The zero-order chi connectivity index (χ0) is 16.5. The molecule has 1 amide bonds. The number of hydrogen-bond acceptors (Lipinski definition) is 4. The summed E-state index contributed by atoms with van der Waals surface area (Å²) in [4.78, 5) is 14.7. The fourth-order valence-electron chi connectivity index (χ4n) is 3.63. The summed E-state index contributed by atoms with van der Waals surface area (Å²) in [5.74, 6) is -0.0865. The number of carbonyl (C=O) groups excluding carboxylic acids is 1. The van der Waals surface area contributed by atoms with E-state index in [2.05, 4.69) is 21.7 Å². The molecule has 0 aliphatic heterocycles. The Kier molecular flexibility index (Phi) is 4.22. The van der Waals surface area contributed by atoms with Gasteiger partial charge in [0.05, 0.1) is 16.8 Å². The number of hydrogen-bond donors (Lipinski definition) is 1. The van der Waals surface area contributed by atoms with Crippen LogP contribution in [0.3, 0.4) is 0 Å². The van der Waals surface area contributed by atoms with Crippen LogP contribution in [-0.2, 0) is 26.3 Å². The van der Waals surface area contributed by atoms with Crippen LogP contribution in [0.5, 0.6) is 0 Å². The number of fused-ring (bicyclic) bond motifs is 2. The molecule has 0 bridgehead atoms. The Labute approximate surface area is 145 Å². The minimum atomic E-state index is -0.0865. The Balaban J connectivity index is 1.51. The van der Waals surface area contributed by atoms with Gasteiger partial charge in [-0.1, -0.05) is 6.42 Å². The number of nitrogens with one attached hydrogen (secondary N) is 1. The van der Waals surface area contributed by atoms with E-state index in [0.29, 0.717) is 0 Å². The molecule has 0 fully saturated rings. The number of aromatic nitrogens is 2. The first-order valence-electron chi connectivity index (χ1n) is 8.72. The van der Waals surface area contributed by atoms with Crippen molar-refractivity contribution in [2.24, 2.45) is 12.1 Å². The van der Waals surface area contributed by atoms with Crippen molar-refractivity contribution in [3.63, 3.8) is 0 Å². The highest BCUT2D eigenvalue weighted by molar-refractivity contribution is 7.14. The van der Waals surface area contributed by atoms with Gasteiger partial charge in [-0.2, -0.15) is 10.2 Å². The Bertz CT molecular complexity index is 779. The van der Waals surface area contributed by atoms with Gasteiger partial charge in [0.2, 0.25) is 0 Å². The van der Waals surface area contributed by atoms with Crippen molar-refractivity contribution in [3.8, 4) is 0 Å². The molecular weight excluding hydrogens is 320 g/mol. The Morgan fingerprint density at radius 2 is 2.08 bits per heavy atom. The molecule has 2 aromatic heterocycles. The van der Waals surface area contributed by atoms with Crippen molar-refractivity contribution < 1.29 is 4.79 Å². The molecule has 2 aliphatic rings. The highest BCUT2D eigenvalue weighted by Crippen LogP contribution is 2.29. The first kappa shape index (κ1) is 15.6. The smallest absolute Gasteiger partial charge is 0.272 e. The van der Waals surface area contributed by atoms with E-state index in [1.807, 2.05) is 17.9 Å². The molecule has 0 saturated heterocycles. The Hall–Kier alpha value is -1.95. The van der Waals surface area contributed by atoms with Crippen molar-refractivity contribution in [1.29, 1.82) is 0 Å². The molecule has 1 N–H and O–H groups in total. The standard InChI is InChI=1S/C18H22N4OS/c1-22-15-8-5-7-14(13(15)11-19-22)20-21-18(23)17-10-12-6-3-2-4-9-16(12)24-17/h10-11H,2-9H2,1H3,(H,21,23)/b20-14+. The van der Waals surface area contributed by atoms with Crippen molar-refractivity contribution in [2.45, 2.75) is 51.4 Å². The van der Waals surface area contributed by atoms with E-state index in [0.717, 1.165) is 48.3 Å². The predicted molar refractivity (Wildman–Crippen MR) is 95.7 cm³/mol. The highest BCUT2D eigenvalue weighted by atomic mass is 32.1. The van der Waals surface area contributed by atoms with Crippen LogP contribution >= 0.6 is 11.3 Å². The summed E-state index contributed by atoms with van der Waals surface area (Å²) in [6.07, 6.45) is 10.8. The number of aryl methyl sites for hydroxylation is 3. The van der Waals surface area contributed by atoms with Crippen LogP contribution in [0, 0.1) is 0 Å². The first-order chi connectivity index (χ1) is 11.7. The van der Waals surface area contributed by atoms with Gasteiger partial charge in [-0.15, -0.1) is 11.3 Å². The molecule has 0 aromatic carbocycles. The highest BCUT2D eigenvalue weighted by Gasteiger charge is 2.20. The van der Waals surface area contributed by atoms with Gasteiger partial charge in [0.1, 0.15) is 0 Å². The average molecular weight is 342 g/mol. The summed E-state index contributed by atoms with van der Waals surface area (Å²) in [7, 11) is 1.96. The zero-order valence-electron chi connectivity index (χ0n) is 14.0. The molecule has 0 saturated carbocycles.